The molecule has 154 valence electrons. The van der Waals surface area contributed by atoms with E-state index in [4.69, 9.17) is 14.2 Å². The molecule has 0 aliphatic heterocycles. The summed E-state index contributed by atoms with van der Waals surface area (Å²) in [6.07, 6.45) is -0.138. The maximum atomic E-state index is 14.1. The first kappa shape index (κ1) is 23.5. The van der Waals surface area contributed by atoms with E-state index in [-0.39, 0.29) is 33.0 Å². The van der Waals surface area contributed by atoms with Gasteiger partial charge in [-0.15, -0.1) is 0 Å². The summed E-state index contributed by atoms with van der Waals surface area (Å²) < 4.78 is 65.3. The molecule has 0 saturated heterocycles. The van der Waals surface area contributed by atoms with Crippen LogP contribution in [0.3, 0.4) is 0 Å². The number of halogens is 2. The number of hydrogen-bond donors (Lipinski definition) is 0. The average Bonchev–Trinajstić information content (AvgIpc) is 2.64. The van der Waals surface area contributed by atoms with Crippen molar-refractivity contribution in [3.8, 4) is 11.5 Å². The lowest BCUT2D eigenvalue weighted by Gasteiger charge is -2.25. The lowest BCUT2D eigenvalue weighted by Crippen LogP contribution is -2.23. The van der Waals surface area contributed by atoms with Crippen LogP contribution < -0.4 is 9.47 Å². The van der Waals surface area contributed by atoms with Crippen LogP contribution in [0.5, 0.6) is 11.5 Å². The minimum absolute atomic E-state index is 0.0431. The van der Waals surface area contributed by atoms with Crippen molar-refractivity contribution in [3.05, 3.63) is 23.8 Å². The second-order valence-corrected chi connectivity index (χ2v) is 7.40. The normalized spacial score (nSPS) is 12.0. The molecule has 0 aliphatic rings. The first-order chi connectivity index (χ1) is 12.8. The van der Waals surface area contributed by atoms with Gasteiger partial charge in [0, 0.05) is 12.5 Å². The van der Waals surface area contributed by atoms with E-state index in [1.807, 2.05) is 0 Å². The summed E-state index contributed by atoms with van der Waals surface area (Å²) in [5.41, 5.74) is -3.26. The van der Waals surface area contributed by atoms with Crippen LogP contribution in [-0.2, 0) is 18.3 Å². The average molecular weight is 410 g/mol. The van der Waals surface area contributed by atoms with E-state index >= 15 is 0 Å². The molecular formula is C17H25F2O7P. The Morgan fingerprint density at radius 2 is 1.78 bits per heavy atom. The lowest BCUT2D eigenvalue weighted by atomic mass is 10.2. The predicted molar refractivity (Wildman–Crippen MR) is 95.1 cm³/mol. The fourth-order valence-corrected chi connectivity index (χ4v) is 3.59. The van der Waals surface area contributed by atoms with Gasteiger partial charge in [0.2, 0.25) is 0 Å². The second kappa shape index (κ2) is 11.3. The van der Waals surface area contributed by atoms with Gasteiger partial charge in [0.1, 0.15) is 18.1 Å². The summed E-state index contributed by atoms with van der Waals surface area (Å²) in [4.78, 5) is 10.8. The minimum atomic E-state index is -4.53. The topological polar surface area (TPSA) is 80.3 Å². The summed E-state index contributed by atoms with van der Waals surface area (Å²) in [5, 5.41) is 0. The zero-order chi connectivity index (χ0) is 20.3. The van der Waals surface area contributed by atoms with Crippen molar-refractivity contribution in [1.29, 1.82) is 0 Å². The highest BCUT2D eigenvalue weighted by atomic mass is 31.2. The first-order valence-electron chi connectivity index (χ1n) is 8.44. The number of alkyl halides is 2. The molecule has 1 rings (SSSR count). The molecule has 1 aromatic carbocycles. The molecule has 0 saturated carbocycles. The summed E-state index contributed by atoms with van der Waals surface area (Å²) >= 11 is 0. The van der Waals surface area contributed by atoms with E-state index in [0.717, 1.165) is 0 Å². The van der Waals surface area contributed by atoms with Crippen LogP contribution in [0.1, 0.15) is 30.6 Å². The van der Waals surface area contributed by atoms with E-state index in [1.165, 1.54) is 21.0 Å². The van der Waals surface area contributed by atoms with Crippen LogP contribution in [0.15, 0.2) is 18.2 Å². The van der Waals surface area contributed by atoms with Crippen LogP contribution >= 0.6 is 7.60 Å². The highest BCUT2D eigenvalue weighted by Crippen LogP contribution is 2.63. The second-order valence-electron chi connectivity index (χ2n) is 5.23. The maximum absolute atomic E-state index is 14.1. The van der Waals surface area contributed by atoms with Crippen molar-refractivity contribution in [3.63, 3.8) is 0 Å². The number of carbonyl (C=O) groups is 1. The fraction of sp³-hybridized carbons (Fsp3) is 0.588. The highest BCUT2D eigenvalue weighted by Gasteiger charge is 2.52. The Hall–Kier alpha value is -1.54. The molecule has 0 amide bonds. The summed E-state index contributed by atoms with van der Waals surface area (Å²) in [5.74, 6) is 0.814. The van der Waals surface area contributed by atoms with E-state index in [9.17, 15) is 18.1 Å². The van der Waals surface area contributed by atoms with Gasteiger partial charge in [-0.3, -0.25) is 9.36 Å². The van der Waals surface area contributed by atoms with Gasteiger partial charge in [-0.2, -0.15) is 8.78 Å². The predicted octanol–water partition coefficient (Wildman–Crippen LogP) is 4.15. The van der Waals surface area contributed by atoms with E-state index < -0.39 is 19.7 Å². The molecule has 0 atom stereocenters. The molecule has 0 bridgehead atoms. The Bertz CT molecular complexity index is 630. The van der Waals surface area contributed by atoms with Gasteiger partial charge in [0.15, 0.2) is 6.29 Å². The third-order valence-corrected chi connectivity index (χ3v) is 5.60. The van der Waals surface area contributed by atoms with Gasteiger partial charge in [0.25, 0.3) is 0 Å². The molecule has 27 heavy (non-hydrogen) atoms. The van der Waals surface area contributed by atoms with Crippen molar-refractivity contribution in [2.75, 3.05) is 40.1 Å². The molecule has 0 spiro atoms. The molecule has 0 radical (unpaired) electrons. The van der Waals surface area contributed by atoms with E-state index in [0.29, 0.717) is 23.3 Å². The number of benzene rings is 1. The monoisotopic (exact) mass is 410 g/mol. The Labute approximate surface area is 157 Å². The number of hydrogen-bond acceptors (Lipinski definition) is 7. The first-order valence-corrected chi connectivity index (χ1v) is 9.98. The lowest BCUT2D eigenvalue weighted by molar-refractivity contribution is -0.000498. The molecule has 0 unspecified atom stereocenters. The van der Waals surface area contributed by atoms with Gasteiger partial charge >= 0.3 is 13.3 Å². The molecule has 0 aromatic heterocycles. The fourth-order valence-electron chi connectivity index (χ4n) is 2.10. The van der Waals surface area contributed by atoms with Gasteiger partial charge in [-0.25, -0.2) is 0 Å². The van der Waals surface area contributed by atoms with Crippen molar-refractivity contribution in [1.82, 2.24) is 0 Å². The number of aldehydes is 1. The van der Waals surface area contributed by atoms with Gasteiger partial charge in [0.05, 0.1) is 39.1 Å². The molecule has 10 heteroatoms. The zero-order valence-electron chi connectivity index (χ0n) is 15.6. The van der Waals surface area contributed by atoms with Gasteiger partial charge in [-0.1, -0.05) is 0 Å². The quantitative estimate of drug-likeness (QED) is 0.259. The van der Waals surface area contributed by atoms with E-state index in [1.54, 1.807) is 18.2 Å². The third kappa shape index (κ3) is 6.84. The van der Waals surface area contributed by atoms with Gasteiger partial charge < -0.3 is 23.3 Å². The molecular weight excluding hydrogens is 385 g/mol. The molecule has 0 N–H and O–H groups in total. The number of carbonyl (C=O) groups excluding carboxylic acids is 1. The number of rotatable bonds is 14. The Morgan fingerprint density at radius 3 is 2.33 bits per heavy atom. The highest BCUT2D eigenvalue weighted by molar-refractivity contribution is 7.55. The number of ether oxygens (including phenoxy) is 3. The Kier molecular flexibility index (Phi) is 9.87. The zero-order valence-corrected chi connectivity index (χ0v) is 16.5. The third-order valence-electron chi connectivity index (χ3n) is 3.37. The van der Waals surface area contributed by atoms with Crippen LogP contribution in [-0.4, -0.2) is 52.1 Å². The summed E-state index contributed by atoms with van der Waals surface area (Å²) in [7, 11) is -3.10. The maximum Gasteiger partial charge on any atom is 0.399 e. The van der Waals surface area contributed by atoms with Crippen LogP contribution in [0.2, 0.25) is 0 Å². The molecule has 0 heterocycles. The molecule has 1 aromatic rings. The molecule has 0 aliphatic carbocycles. The SMILES string of the molecule is CCOP(=O)(OCC)C(F)(F)CCOCCOc1ccc(C=O)c(OC)c1. The van der Waals surface area contributed by atoms with E-state index in [2.05, 4.69) is 9.05 Å². The molecule has 7 nitrogen and oxygen atoms in total. The van der Waals surface area contributed by atoms with Crippen LogP contribution in [0.4, 0.5) is 8.78 Å². The summed E-state index contributed by atoms with van der Waals surface area (Å²) in [6, 6.07) is 4.67. The van der Waals surface area contributed by atoms with Crippen molar-refractivity contribution < 1.29 is 41.4 Å². The standard InChI is InChI=1S/C17H25F2O7P/c1-4-25-27(21,26-5-2)17(18,19)8-9-23-10-11-24-15-7-6-14(13-20)16(12-15)22-3/h6-7,12-13H,4-5,8-11H2,1-3H3. The minimum Gasteiger partial charge on any atom is -0.496 e. The number of methoxy groups -OCH3 is 1. The Balaban J connectivity index is 2.41. The van der Waals surface area contributed by atoms with Crippen LogP contribution in [0, 0.1) is 0 Å². The molecule has 0 fully saturated rings. The smallest absolute Gasteiger partial charge is 0.399 e. The van der Waals surface area contributed by atoms with Gasteiger partial charge in [-0.05, 0) is 26.0 Å². The Morgan fingerprint density at radius 1 is 1.11 bits per heavy atom. The van der Waals surface area contributed by atoms with Crippen molar-refractivity contribution >= 4 is 13.9 Å². The van der Waals surface area contributed by atoms with Crippen molar-refractivity contribution in [2.45, 2.75) is 25.9 Å². The van der Waals surface area contributed by atoms with Crippen molar-refractivity contribution in [2.24, 2.45) is 0 Å². The largest absolute Gasteiger partial charge is 0.496 e. The van der Waals surface area contributed by atoms with Crippen LogP contribution in [0.25, 0.3) is 0 Å². The summed E-state index contributed by atoms with van der Waals surface area (Å²) in [6.45, 7) is 2.44.